The molecule has 8 aromatic rings. The summed E-state index contributed by atoms with van der Waals surface area (Å²) in [6.07, 6.45) is 6.12. The van der Waals surface area contributed by atoms with Gasteiger partial charge in [0.25, 0.3) is 0 Å². The van der Waals surface area contributed by atoms with Crippen LogP contribution in [0.15, 0.2) is 127 Å². The van der Waals surface area contributed by atoms with Crippen LogP contribution in [-0.2, 0) is 5.41 Å². The highest BCUT2D eigenvalue weighted by Gasteiger charge is 2.47. The zero-order chi connectivity index (χ0) is 29.5. The van der Waals surface area contributed by atoms with Crippen LogP contribution in [0.2, 0.25) is 0 Å². The van der Waals surface area contributed by atoms with Gasteiger partial charge in [0, 0.05) is 21.8 Å². The highest BCUT2D eigenvalue weighted by Crippen LogP contribution is 2.61. The van der Waals surface area contributed by atoms with E-state index in [1.165, 1.54) is 86.9 Å². The predicted octanol–water partition coefficient (Wildman–Crippen LogP) is 10.8. The Morgan fingerprint density at radius 3 is 2.02 bits per heavy atom. The maximum Gasteiger partial charge on any atom is 0.165 e. The van der Waals surface area contributed by atoms with Gasteiger partial charge in [0.2, 0.25) is 0 Å². The van der Waals surface area contributed by atoms with Crippen LogP contribution in [0.3, 0.4) is 0 Å². The van der Waals surface area contributed by atoms with Crippen LogP contribution < -0.4 is 0 Å². The quantitative estimate of drug-likeness (QED) is 0.205. The van der Waals surface area contributed by atoms with Gasteiger partial charge in [0.15, 0.2) is 5.82 Å². The summed E-state index contributed by atoms with van der Waals surface area (Å²) in [7, 11) is 0. The van der Waals surface area contributed by atoms with Gasteiger partial charge >= 0.3 is 0 Å². The van der Waals surface area contributed by atoms with Crippen molar-refractivity contribution in [3.8, 4) is 28.2 Å². The van der Waals surface area contributed by atoms with Crippen LogP contribution in [0.25, 0.3) is 71.8 Å². The van der Waals surface area contributed by atoms with Crippen molar-refractivity contribution in [3.05, 3.63) is 139 Å². The number of aromatic nitrogens is 3. The molecule has 0 unspecified atom stereocenters. The van der Waals surface area contributed by atoms with Crippen molar-refractivity contribution < 1.29 is 0 Å². The van der Waals surface area contributed by atoms with Crippen molar-refractivity contribution >= 4 is 43.6 Å². The summed E-state index contributed by atoms with van der Waals surface area (Å²) >= 11 is 0. The lowest BCUT2D eigenvalue weighted by Gasteiger charge is -2.36. The van der Waals surface area contributed by atoms with Gasteiger partial charge in [-0.15, -0.1) is 0 Å². The third-order valence-electron chi connectivity index (χ3n) is 10.5. The second kappa shape index (κ2) is 9.36. The van der Waals surface area contributed by atoms with Crippen LogP contribution in [0.5, 0.6) is 0 Å². The molecule has 0 radical (unpaired) electrons. The summed E-state index contributed by atoms with van der Waals surface area (Å²) < 4.78 is 2.49. The van der Waals surface area contributed by atoms with Crippen molar-refractivity contribution in [1.29, 1.82) is 0 Å². The van der Waals surface area contributed by atoms with Gasteiger partial charge < -0.3 is 0 Å². The van der Waals surface area contributed by atoms with Crippen LogP contribution in [-0.4, -0.2) is 14.5 Å². The minimum Gasteiger partial charge on any atom is -0.292 e. The molecule has 2 aromatic heterocycles. The number of para-hydroxylation sites is 3. The zero-order valence-corrected chi connectivity index (χ0v) is 25.0. The first-order valence-corrected chi connectivity index (χ1v) is 16.2. The number of hydrogen-bond donors (Lipinski definition) is 0. The highest BCUT2D eigenvalue weighted by atomic mass is 15.1. The maximum atomic E-state index is 5.48. The molecule has 1 spiro atoms. The molecule has 2 heterocycles. The lowest BCUT2D eigenvalue weighted by molar-refractivity contribution is 0.354. The van der Waals surface area contributed by atoms with E-state index in [1.807, 2.05) is 0 Å². The molecule has 6 aromatic carbocycles. The Balaban J connectivity index is 1.48. The van der Waals surface area contributed by atoms with Crippen LogP contribution in [0.4, 0.5) is 0 Å². The van der Waals surface area contributed by atoms with E-state index in [0.29, 0.717) is 0 Å². The minimum atomic E-state index is -0.0320. The van der Waals surface area contributed by atoms with Crippen molar-refractivity contribution in [2.45, 2.75) is 37.5 Å². The predicted molar refractivity (Wildman–Crippen MR) is 186 cm³/mol. The smallest absolute Gasteiger partial charge is 0.165 e. The van der Waals surface area contributed by atoms with Gasteiger partial charge in [0.05, 0.1) is 22.1 Å². The van der Waals surface area contributed by atoms with E-state index in [9.17, 15) is 0 Å². The first kappa shape index (κ1) is 25.1. The monoisotopic (exact) mass is 577 g/mol. The van der Waals surface area contributed by atoms with Crippen molar-refractivity contribution in [2.75, 3.05) is 0 Å². The Labute approximate surface area is 261 Å². The number of rotatable bonds is 2. The fraction of sp³-hybridized carbons (Fsp3) is 0.143. The van der Waals surface area contributed by atoms with Crippen LogP contribution >= 0.6 is 0 Å². The van der Waals surface area contributed by atoms with E-state index in [1.54, 1.807) is 0 Å². The summed E-state index contributed by atoms with van der Waals surface area (Å²) in [4.78, 5) is 10.8. The Bertz CT molecular complexity index is 2460. The molecule has 0 atom stereocenters. The highest BCUT2D eigenvalue weighted by molar-refractivity contribution is 6.27. The fourth-order valence-electron chi connectivity index (χ4n) is 8.75. The molecule has 3 heteroatoms. The second-order valence-corrected chi connectivity index (χ2v) is 12.8. The summed E-state index contributed by atoms with van der Waals surface area (Å²) in [5, 5.41) is 5.25. The molecule has 0 aliphatic heterocycles. The number of hydrogen-bond acceptors (Lipinski definition) is 2. The molecule has 2 aliphatic carbocycles. The van der Waals surface area contributed by atoms with Crippen molar-refractivity contribution in [1.82, 2.24) is 14.5 Å². The molecule has 0 saturated heterocycles. The van der Waals surface area contributed by atoms with Gasteiger partial charge in [0.1, 0.15) is 5.69 Å². The Kier molecular flexibility index (Phi) is 5.22. The van der Waals surface area contributed by atoms with Gasteiger partial charge in [-0.05, 0) is 64.1 Å². The van der Waals surface area contributed by atoms with E-state index in [4.69, 9.17) is 9.97 Å². The number of benzene rings is 6. The van der Waals surface area contributed by atoms with Crippen LogP contribution in [0, 0.1) is 0 Å². The lowest BCUT2D eigenvalue weighted by atomic mass is 9.67. The van der Waals surface area contributed by atoms with Gasteiger partial charge in [-0.1, -0.05) is 128 Å². The summed E-state index contributed by atoms with van der Waals surface area (Å²) in [6.45, 7) is 0. The number of nitrogens with zero attached hydrogens (tertiary/aromatic N) is 3. The molecule has 10 rings (SSSR count). The van der Waals surface area contributed by atoms with E-state index in [0.717, 1.165) is 28.1 Å². The van der Waals surface area contributed by atoms with E-state index in [-0.39, 0.29) is 5.41 Å². The number of fused-ring (bicyclic) bond motifs is 13. The summed E-state index contributed by atoms with van der Waals surface area (Å²) in [6, 6.07) is 46.1. The molecular formula is C42H31N3. The van der Waals surface area contributed by atoms with Gasteiger partial charge in [-0.3, -0.25) is 4.57 Å². The fourth-order valence-corrected chi connectivity index (χ4v) is 8.75. The van der Waals surface area contributed by atoms with Crippen molar-refractivity contribution in [3.63, 3.8) is 0 Å². The zero-order valence-electron chi connectivity index (χ0n) is 25.0. The molecule has 1 saturated carbocycles. The Hall–Kier alpha value is -5.28. The standard InChI is InChI=1S/C42H31N3/c1-3-15-27(16-4-1)39-41(44-34-23-11-10-22-33(34)43-39)45-35-24-12-8-20-31(35)37-29-18-6-5-17-28(29)36-30-19-7-9-21-32(30)42(38(36)40(37)45)25-13-2-14-26-42/h1,3-12,15-24H,2,13-14,25-26H2. The topological polar surface area (TPSA) is 30.7 Å². The second-order valence-electron chi connectivity index (χ2n) is 12.8. The molecule has 0 amide bonds. The van der Waals surface area contributed by atoms with Gasteiger partial charge in [-0.25, -0.2) is 9.97 Å². The largest absolute Gasteiger partial charge is 0.292 e. The third kappa shape index (κ3) is 3.36. The van der Waals surface area contributed by atoms with E-state index >= 15 is 0 Å². The first-order chi connectivity index (χ1) is 22.3. The molecule has 2 aliphatic rings. The van der Waals surface area contributed by atoms with E-state index in [2.05, 4.69) is 132 Å². The molecule has 45 heavy (non-hydrogen) atoms. The van der Waals surface area contributed by atoms with Crippen LogP contribution in [0.1, 0.15) is 43.2 Å². The average molecular weight is 578 g/mol. The molecule has 1 fully saturated rings. The van der Waals surface area contributed by atoms with Gasteiger partial charge in [-0.2, -0.15) is 0 Å². The third-order valence-corrected chi connectivity index (χ3v) is 10.5. The minimum absolute atomic E-state index is 0.0320. The lowest BCUT2D eigenvalue weighted by Crippen LogP contribution is -2.28. The summed E-state index contributed by atoms with van der Waals surface area (Å²) in [5.41, 5.74) is 12.0. The normalized spacial score (nSPS) is 15.3. The first-order valence-electron chi connectivity index (χ1n) is 16.2. The maximum absolute atomic E-state index is 5.48. The summed E-state index contributed by atoms with van der Waals surface area (Å²) in [5.74, 6) is 0.894. The molecule has 3 nitrogen and oxygen atoms in total. The SMILES string of the molecule is c1ccc(-c2nc3ccccc3nc2-n2c3ccccc3c3c4ccccc4c4c(c32)C2(CCCCC2)c2ccccc2-4)cc1. The molecule has 0 bridgehead atoms. The Morgan fingerprint density at radius 1 is 0.556 bits per heavy atom. The molecule has 0 N–H and O–H groups in total. The average Bonchev–Trinajstić information content (AvgIpc) is 3.59. The molecule has 214 valence electrons. The Morgan fingerprint density at radius 2 is 1.20 bits per heavy atom. The van der Waals surface area contributed by atoms with Crippen molar-refractivity contribution in [2.24, 2.45) is 0 Å². The molecular weight excluding hydrogens is 546 g/mol. The van der Waals surface area contributed by atoms with E-state index < -0.39 is 0 Å².